The van der Waals surface area contributed by atoms with Gasteiger partial charge >= 0.3 is 0 Å². The summed E-state index contributed by atoms with van der Waals surface area (Å²) in [6, 6.07) is 9.32. The summed E-state index contributed by atoms with van der Waals surface area (Å²) >= 11 is 5.91. The molecule has 0 bridgehead atoms. The number of amides is 1. The molecule has 22 heavy (non-hydrogen) atoms. The molecule has 0 radical (unpaired) electrons. The number of para-hydroxylation sites is 1. The van der Waals surface area contributed by atoms with Crippen molar-refractivity contribution >= 4 is 34.0 Å². The van der Waals surface area contributed by atoms with Crippen LogP contribution in [0, 0.1) is 5.82 Å². The summed E-state index contributed by atoms with van der Waals surface area (Å²) in [7, 11) is 0. The van der Waals surface area contributed by atoms with Crippen molar-refractivity contribution in [3.8, 4) is 5.88 Å². The van der Waals surface area contributed by atoms with E-state index < -0.39 is 11.7 Å². The van der Waals surface area contributed by atoms with Gasteiger partial charge in [0, 0.05) is 15.6 Å². The first-order valence-corrected chi connectivity index (χ1v) is 6.86. The van der Waals surface area contributed by atoms with E-state index >= 15 is 0 Å². The van der Waals surface area contributed by atoms with Crippen molar-refractivity contribution in [1.29, 1.82) is 0 Å². The Balaban J connectivity index is 2.17. The maximum Gasteiger partial charge on any atom is 0.279 e. The van der Waals surface area contributed by atoms with Gasteiger partial charge in [0.05, 0.1) is 22.0 Å². The molecule has 0 unspecified atom stereocenters. The summed E-state index contributed by atoms with van der Waals surface area (Å²) in [6.07, 6.45) is 0. The maximum atomic E-state index is 13.8. The van der Waals surface area contributed by atoms with Crippen LogP contribution < -0.4 is 10.6 Å². The van der Waals surface area contributed by atoms with Crippen LogP contribution in [0.2, 0.25) is 5.02 Å². The third-order valence-electron chi connectivity index (χ3n) is 3.68. The van der Waals surface area contributed by atoms with Gasteiger partial charge in [0.25, 0.3) is 5.91 Å². The fraction of sp³-hybridized carbons (Fsp3) is 0. The zero-order valence-electron chi connectivity index (χ0n) is 11.0. The number of aromatic amines is 1. The molecule has 4 rings (SSSR count). The first kappa shape index (κ1) is 13.0. The summed E-state index contributed by atoms with van der Waals surface area (Å²) in [6.45, 7) is 0. The molecule has 6 heteroatoms. The van der Waals surface area contributed by atoms with Gasteiger partial charge in [0.1, 0.15) is 5.82 Å². The number of rotatable bonds is 1. The van der Waals surface area contributed by atoms with E-state index in [1.54, 1.807) is 24.3 Å². The standard InChI is InChI=1S/C16H8ClFN2O2/c17-7-4-5-8-11(6-7)19-15(21)12(8)13-9-2-1-3-10(18)14(9)20-16(13)22/h1-6,20,22H. The van der Waals surface area contributed by atoms with E-state index in [2.05, 4.69) is 9.98 Å². The topological polar surface area (TPSA) is 65.4 Å². The van der Waals surface area contributed by atoms with Gasteiger partial charge in [0.2, 0.25) is 0 Å². The lowest BCUT2D eigenvalue weighted by Gasteiger charge is -2.00. The number of fused-ring (bicyclic) bond motifs is 2. The Morgan fingerprint density at radius 1 is 1.23 bits per heavy atom. The molecule has 0 saturated carbocycles. The summed E-state index contributed by atoms with van der Waals surface area (Å²) in [5, 5.41) is 12.1. The molecule has 3 aromatic rings. The monoisotopic (exact) mass is 314 g/mol. The van der Waals surface area contributed by atoms with E-state index in [0.29, 0.717) is 21.0 Å². The van der Waals surface area contributed by atoms with Gasteiger partial charge in [0.15, 0.2) is 5.88 Å². The summed E-state index contributed by atoms with van der Waals surface area (Å²) < 4.78 is 13.8. The molecule has 0 atom stereocenters. The van der Waals surface area contributed by atoms with Crippen molar-refractivity contribution in [2.45, 2.75) is 0 Å². The summed E-state index contributed by atoms with van der Waals surface area (Å²) in [5.74, 6) is -1.25. The minimum atomic E-state index is -0.502. The van der Waals surface area contributed by atoms with Crippen LogP contribution in [-0.2, 0) is 4.79 Å². The Hall–Kier alpha value is -2.66. The molecule has 0 saturated heterocycles. The zero-order chi connectivity index (χ0) is 15.4. The van der Waals surface area contributed by atoms with Crippen LogP contribution in [0.15, 0.2) is 41.4 Å². The minimum absolute atomic E-state index is 0.151. The number of carbonyl (C=O) groups is 1. The lowest BCUT2D eigenvalue weighted by molar-refractivity contribution is -0.112. The SMILES string of the molecule is O=C1N=c2cc(Cl)ccc2=C1c1c(O)[nH]c2c(F)cccc12. The molecule has 1 amide bonds. The second-order valence-corrected chi connectivity index (χ2v) is 5.40. The van der Waals surface area contributed by atoms with Crippen LogP contribution in [0.5, 0.6) is 5.88 Å². The highest BCUT2D eigenvalue weighted by Crippen LogP contribution is 2.34. The number of hydrogen-bond acceptors (Lipinski definition) is 2. The van der Waals surface area contributed by atoms with Crippen LogP contribution in [-0.4, -0.2) is 16.0 Å². The van der Waals surface area contributed by atoms with E-state index in [9.17, 15) is 14.3 Å². The predicted octanol–water partition coefficient (Wildman–Crippen LogP) is 2.02. The normalized spacial score (nSPS) is 13.5. The lowest BCUT2D eigenvalue weighted by Crippen LogP contribution is -2.22. The number of halogens is 2. The van der Waals surface area contributed by atoms with Crippen molar-refractivity contribution in [3.05, 3.63) is 63.4 Å². The minimum Gasteiger partial charge on any atom is -0.494 e. The molecule has 108 valence electrons. The zero-order valence-corrected chi connectivity index (χ0v) is 11.8. The van der Waals surface area contributed by atoms with Gasteiger partial charge in [-0.1, -0.05) is 29.8 Å². The molecule has 0 fully saturated rings. The molecule has 0 spiro atoms. The van der Waals surface area contributed by atoms with E-state index in [0.717, 1.165) is 0 Å². The molecular formula is C16H8ClFN2O2. The molecule has 1 aliphatic rings. The van der Waals surface area contributed by atoms with Crippen molar-refractivity contribution in [1.82, 2.24) is 4.98 Å². The molecule has 4 nitrogen and oxygen atoms in total. The fourth-order valence-corrected chi connectivity index (χ4v) is 2.92. The molecule has 2 heterocycles. The number of H-pyrrole nitrogens is 1. The fourth-order valence-electron chi connectivity index (χ4n) is 2.75. The number of aromatic hydroxyl groups is 1. The molecule has 1 aliphatic heterocycles. The van der Waals surface area contributed by atoms with Gasteiger partial charge < -0.3 is 10.1 Å². The average molecular weight is 315 g/mol. The van der Waals surface area contributed by atoms with Crippen molar-refractivity contribution in [2.75, 3.05) is 0 Å². The molecule has 2 aromatic carbocycles. The first-order chi connectivity index (χ1) is 10.6. The Kier molecular flexibility index (Phi) is 2.62. The molecule has 2 N–H and O–H groups in total. The van der Waals surface area contributed by atoms with Crippen molar-refractivity contribution < 1.29 is 14.3 Å². The van der Waals surface area contributed by atoms with Crippen LogP contribution in [0.1, 0.15) is 5.56 Å². The van der Waals surface area contributed by atoms with Crippen LogP contribution in [0.4, 0.5) is 4.39 Å². The van der Waals surface area contributed by atoms with Gasteiger partial charge in [-0.05, 0) is 18.2 Å². The quantitative estimate of drug-likeness (QED) is 0.722. The number of hydrogen-bond donors (Lipinski definition) is 2. The van der Waals surface area contributed by atoms with Gasteiger partial charge in [-0.2, -0.15) is 0 Å². The Morgan fingerprint density at radius 3 is 2.86 bits per heavy atom. The van der Waals surface area contributed by atoms with Crippen LogP contribution in [0.3, 0.4) is 0 Å². The van der Waals surface area contributed by atoms with Gasteiger partial charge in [-0.3, -0.25) is 4.79 Å². The predicted molar refractivity (Wildman–Crippen MR) is 79.7 cm³/mol. The van der Waals surface area contributed by atoms with Crippen LogP contribution >= 0.6 is 11.6 Å². The van der Waals surface area contributed by atoms with Crippen molar-refractivity contribution in [3.63, 3.8) is 0 Å². The van der Waals surface area contributed by atoms with E-state index in [1.807, 2.05) is 0 Å². The number of carbonyl (C=O) groups excluding carboxylic acids is 1. The number of nitrogens with one attached hydrogen (secondary N) is 1. The third-order valence-corrected chi connectivity index (χ3v) is 3.91. The number of benzene rings is 2. The number of nitrogens with zero attached hydrogens (tertiary/aromatic N) is 1. The Bertz CT molecular complexity index is 1090. The summed E-state index contributed by atoms with van der Waals surface area (Å²) in [5.41, 5.74) is 0.642. The van der Waals surface area contributed by atoms with E-state index in [-0.39, 0.29) is 22.5 Å². The highest BCUT2D eigenvalue weighted by Gasteiger charge is 2.25. The third kappa shape index (κ3) is 1.69. The Labute approximate surface area is 128 Å². The molecule has 0 aliphatic carbocycles. The largest absolute Gasteiger partial charge is 0.494 e. The smallest absolute Gasteiger partial charge is 0.279 e. The second-order valence-electron chi connectivity index (χ2n) is 4.96. The first-order valence-electron chi connectivity index (χ1n) is 6.48. The summed E-state index contributed by atoms with van der Waals surface area (Å²) in [4.78, 5) is 18.8. The molecular weight excluding hydrogens is 307 g/mol. The highest BCUT2D eigenvalue weighted by atomic mass is 35.5. The molecule has 1 aromatic heterocycles. The van der Waals surface area contributed by atoms with Crippen molar-refractivity contribution in [2.24, 2.45) is 4.99 Å². The van der Waals surface area contributed by atoms with E-state index in [4.69, 9.17) is 11.6 Å². The average Bonchev–Trinajstić information content (AvgIpc) is 2.95. The highest BCUT2D eigenvalue weighted by molar-refractivity contribution is 6.30. The lowest BCUT2D eigenvalue weighted by atomic mass is 10.0. The van der Waals surface area contributed by atoms with Gasteiger partial charge in [-0.25, -0.2) is 9.38 Å². The Morgan fingerprint density at radius 2 is 2.05 bits per heavy atom. The van der Waals surface area contributed by atoms with E-state index in [1.165, 1.54) is 12.1 Å². The van der Waals surface area contributed by atoms with Gasteiger partial charge in [-0.15, -0.1) is 0 Å². The number of aromatic nitrogens is 1. The maximum absolute atomic E-state index is 13.8. The van der Waals surface area contributed by atoms with Crippen LogP contribution in [0.25, 0.3) is 16.5 Å². The second kappa shape index (κ2) is 4.42.